The van der Waals surface area contributed by atoms with E-state index in [1.165, 1.54) is 12.1 Å². The molecule has 1 saturated carbocycles. The van der Waals surface area contributed by atoms with Crippen LogP contribution < -0.4 is 11.4 Å². The molecule has 2 aromatic carbocycles. The molecule has 1 aliphatic rings. The van der Waals surface area contributed by atoms with Crippen molar-refractivity contribution in [1.82, 2.24) is 13.7 Å². The molecule has 6 heteroatoms. The Balaban J connectivity index is 1.69. The van der Waals surface area contributed by atoms with Gasteiger partial charge in [0.05, 0.1) is 17.6 Å². The molecule has 0 saturated heterocycles. The third-order valence-electron chi connectivity index (χ3n) is 5.89. The lowest BCUT2D eigenvalue weighted by atomic mass is 10.1. The molecule has 5 nitrogen and oxygen atoms in total. The Labute approximate surface area is 168 Å². The minimum absolute atomic E-state index is 0.0518. The number of nitrogens with two attached hydrogens (primary N) is 1. The zero-order chi connectivity index (χ0) is 20.1. The van der Waals surface area contributed by atoms with Crippen LogP contribution in [0.15, 0.2) is 47.3 Å². The number of aryl methyl sites for hydroxylation is 1. The fourth-order valence-electron chi connectivity index (χ4n) is 4.38. The van der Waals surface area contributed by atoms with Gasteiger partial charge in [0.2, 0.25) is 0 Å². The number of aromatic nitrogens is 3. The Bertz CT molecular complexity index is 1280. The zero-order valence-electron chi connectivity index (χ0n) is 16.6. The van der Waals surface area contributed by atoms with Gasteiger partial charge in [0.1, 0.15) is 5.82 Å². The van der Waals surface area contributed by atoms with E-state index >= 15 is 0 Å². The maximum absolute atomic E-state index is 14.0. The van der Waals surface area contributed by atoms with Crippen molar-refractivity contribution < 1.29 is 4.39 Å². The molecular formula is C23H25FN4O. The third kappa shape index (κ3) is 2.99. The summed E-state index contributed by atoms with van der Waals surface area (Å²) in [5.74, 6) is -0.319. The number of halogens is 1. The third-order valence-corrected chi connectivity index (χ3v) is 5.89. The molecule has 0 unspecified atom stereocenters. The first-order valence-electron chi connectivity index (χ1n) is 10.3. The fraction of sp³-hybridized carbons (Fsp3) is 0.348. The Hall–Kier alpha value is -2.86. The van der Waals surface area contributed by atoms with E-state index in [0.717, 1.165) is 53.5 Å². The topological polar surface area (TPSA) is 57.9 Å². The van der Waals surface area contributed by atoms with Crippen molar-refractivity contribution >= 4 is 21.9 Å². The van der Waals surface area contributed by atoms with E-state index in [9.17, 15) is 9.18 Å². The predicted molar refractivity (Wildman–Crippen MR) is 114 cm³/mol. The molecule has 2 aromatic heterocycles. The molecular weight excluding hydrogens is 367 g/mol. The van der Waals surface area contributed by atoms with Crippen LogP contribution in [0.25, 0.3) is 21.9 Å². The summed E-state index contributed by atoms with van der Waals surface area (Å²) in [4.78, 5) is 13.2. The largest absolute Gasteiger partial charge is 0.343 e. The Morgan fingerprint density at radius 2 is 1.83 bits per heavy atom. The minimum atomic E-state index is -0.319. The van der Waals surface area contributed by atoms with Crippen molar-refractivity contribution in [3.8, 4) is 0 Å². The quantitative estimate of drug-likeness (QED) is 0.536. The first-order chi connectivity index (χ1) is 14.1. The number of benzene rings is 2. The van der Waals surface area contributed by atoms with E-state index in [-0.39, 0.29) is 17.5 Å². The normalized spacial score (nSPS) is 14.3. The van der Waals surface area contributed by atoms with E-state index in [1.807, 2.05) is 4.57 Å². The molecule has 0 radical (unpaired) electrons. The van der Waals surface area contributed by atoms with Crippen LogP contribution in [0.3, 0.4) is 0 Å². The minimum Gasteiger partial charge on any atom is -0.343 e. The monoisotopic (exact) mass is 392 g/mol. The molecule has 5 rings (SSSR count). The summed E-state index contributed by atoms with van der Waals surface area (Å²) in [5, 5.41) is 1.13. The van der Waals surface area contributed by atoms with Crippen LogP contribution in [0.2, 0.25) is 0 Å². The lowest BCUT2D eigenvalue weighted by molar-refractivity contribution is 0.617. The van der Waals surface area contributed by atoms with Gasteiger partial charge in [-0.3, -0.25) is 9.13 Å². The number of nitrogens with zero attached hydrogens (tertiary/aromatic N) is 3. The van der Waals surface area contributed by atoms with Crippen molar-refractivity contribution in [1.29, 1.82) is 0 Å². The molecule has 4 aromatic rings. The van der Waals surface area contributed by atoms with Crippen LogP contribution >= 0.6 is 0 Å². The van der Waals surface area contributed by atoms with Gasteiger partial charge in [-0.15, -0.1) is 0 Å². The van der Waals surface area contributed by atoms with Crippen LogP contribution in [-0.4, -0.2) is 13.7 Å². The van der Waals surface area contributed by atoms with Crippen molar-refractivity contribution in [3.05, 3.63) is 70.0 Å². The summed E-state index contributed by atoms with van der Waals surface area (Å²) < 4.78 is 19.9. The smallest absolute Gasteiger partial charge is 0.329 e. The average molecular weight is 392 g/mol. The highest BCUT2D eigenvalue weighted by Gasteiger charge is 2.29. The van der Waals surface area contributed by atoms with Gasteiger partial charge in [0.15, 0.2) is 0 Å². The highest BCUT2D eigenvalue weighted by molar-refractivity contribution is 5.82. The van der Waals surface area contributed by atoms with Crippen LogP contribution in [0.4, 0.5) is 4.39 Å². The summed E-state index contributed by atoms with van der Waals surface area (Å²) in [6.07, 6.45) is 3.01. The van der Waals surface area contributed by atoms with Crippen LogP contribution in [-0.2, 0) is 19.6 Å². The summed E-state index contributed by atoms with van der Waals surface area (Å²) in [6, 6.07) is 13.3. The fourth-order valence-corrected chi connectivity index (χ4v) is 4.38. The summed E-state index contributed by atoms with van der Waals surface area (Å²) in [6.45, 7) is 3.93. The highest BCUT2D eigenvalue weighted by atomic mass is 19.1. The van der Waals surface area contributed by atoms with Gasteiger partial charge in [0.25, 0.3) is 0 Å². The van der Waals surface area contributed by atoms with Crippen molar-refractivity contribution in [2.75, 3.05) is 0 Å². The Kier molecular flexibility index (Phi) is 4.32. The maximum atomic E-state index is 14.0. The Morgan fingerprint density at radius 3 is 2.55 bits per heavy atom. The predicted octanol–water partition coefficient (Wildman–Crippen LogP) is 4.15. The van der Waals surface area contributed by atoms with E-state index in [2.05, 4.69) is 35.8 Å². The second kappa shape index (κ2) is 6.88. The first kappa shape index (κ1) is 18.2. The molecule has 0 spiro atoms. The molecule has 1 fully saturated rings. The van der Waals surface area contributed by atoms with E-state index in [1.54, 1.807) is 10.6 Å². The number of hydrogen-bond acceptors (Lipinski definition) is 2. The molecule has 0 bridgehead atoms. The van der Waals surface area contributed by atoms with Gasteiger partial charge in [-0.2, -0.15) is 0 Å². The van der Waals surface area contributed by atoms with Gasteiger partial charge in [-0.25, -0.2) is 9.18 Å². The van der Waals surface area contributed by atoms with Gasteiger partial charge in [-0.1, -0.05) is 13.0 Å². The van der Waals surface area contributed by atoms with Crippen LogP contribution in [0.5, 0.6) is 0 Å². The molecule has 1 aliphatic carbocycles. The van der Waals surface area contributed by atoms with Gasteiger partial charge >= 0.3 is 5.69 Å². The molecule has 0 amide bonds. The summed E-state index contributed by atoms with van der Waals surface area (Å²) in [7, 11) is 0. The first-order valence-corrected chi connectivity index (χ1v) is 10.3. The number of imidazole rings is 1. The second-order valence-electron chi connectivity index (χ2n) is 7.99. The maximum Gasteiger partial charge on any atom is 0.329 e. The zero-order valence-corrected chi connectivity index (χ0v) is 16.6. The number of fused-ring (bicyclic) bond motifs is 2. The van der Waals surface area contributed by atoms with Crippen molar-refractivity contribution in [2.24, 2.45) is 5.73 Å². The van der Waals surface area contributed by atoms with Crippen molar-refractivity contribution in [2.45, 2.75) is 51.9 Å². The SMILES string of the molecule is CCCn1c(Cn2c(=O)n(C3CC3)c3ccc(F)cc32)cc2cc(CN)ccc21. The van der Waals surface area contributed by atoms with Gasteiger partial charge in [0, 0.05) is 35.7 Å². The van der Waals surface area contributed by atoms with Crippen LogP contribution in [0, 0.1) is 5.82 Å². The van der Waals surface area contributed by atoms with E-state index < -0.39 is 0 Å². The summed E-state index contributed by atoms with van der Waals surface area (Å²) >= 11 is 0. The molecule has 0 atom stereocenters. The molecule has 150 valence electrons. The second-order valence-corrected chi connectivity index (χ2v) is 7.99. The molecule has 29 heavy (non-hydrogen) atoms. The molecule has 2 heterocycles. The summed E-state index contributed by atoms with van der Waals surface area (Å²) in [5.41, 5.74) is 10.5. The number of hydrogen-bond donors (Lipinski definition) is 1. The lowest BCUT2D eigenvalue weighted by Crippen LogP contribution is -2.25. The molecule has 0 aliphatic heterocycles. The standard InChI is InChI=1S/C23H25FN4O/c1-2-9-26-19(11-16-10-15(13-25)3-7-20(16)26)14-27-22-12-17(24)4-8-21(22)28(23(27)29)18-5-6-18/h3-4,7-8,10-12,18H,2,5-6,9,13-14,25H2,1H3. The van der Waals surface area contributed by atoms with Crippen LogP contribution in [0.1, 0.15) is 43.5 Å². The number of rotatable bonds is 6. The Morgan fingerprint density at radius 1 is 1.03 bits per heavy atom. The van der Waals surface area contributed by atoms with Crippen molar-refractivity contribution in [3.63, 3.8) is 0 Å². The van der Waals surface area contributed by atoms with E-state index in [4.69, 9.17) is 5.73 Å². The molecule has 2 N–H and O–H groups in total. The van der Waals surface area contributed by atoms with Gasteiger partial charge in [-0.05, 0) is 61.2 Å². The average Bonchev–Trinajstić information content (AvgIpc) is 3.45. The van der Waals surface area contributed by atoms with Gasteiger partial charge < -0.3 is 10.3 Å². The highest BCUT2D eigenvalue weighted by Crippen LogP contribution is 2.36. The lowest BCUT2D eigenvalue weighted by Gasteiger charge is -2.11. The van der Waals surface area contributed by atoms with E-state index in [0.29, 0.717) is 18.6 Å².